The summed E-state index contributed by atoms with van der Waals surface area (Å²) in [5, 5.41) is 7.62. The molecule has 0 bridgehead atoms. The molecule has 6 heteroatoms. The molecule has 1 aromatic heterocycles. The monoisotopic (exact) mass is 297 g/mol. The molecule has 0 aliphatic carbocycles. The molecule has 1 aromatic carbocycles. The number of nitrogens with two attached hydrogens (primary N) is 1. The van der Waals surface area contributed by atoms with Crippen molar-refractivity contribution >= 4 is 15.9 Å². The van der Waals surface area contributed by atoms with Crippen molar-refractivity contribution < 1.29 is 9.15 Å². The Morgan fingerprint density at radius 2 is 2.12 bits per heavy atom. The van der Waals surface area contributed by atoms with Gasteiger partial charge in [-0.2, -0.15) is 0 Å². The third-order valence-corrected chi connectivity index (χ3v) is 2.56. The maximum atomic E-state index is 5.54. The van der Waals surface area contributed by atoms with Gasteiger partial charge in [0.1, 0.15) is 5.75 Å². The summed E-state index contributed by atoms with van der Waals surface area (Å²) in [5.74, 6) is 1.79. The first kappa shape index (κ1) is 12.1. The quantitative estimate of drug-likeness (QED) is 0.912. The van der Waals surface area contributed by atoms with E-state index in [9.17, 15) is 0 Å². The molecular weight excluding hydrogens is 286 g/mol. The van der Waals surface area contributed by atoms with Crippen LogP contribution in [0.4, 0.5) is 0 Å². The number of aromatic nitrogens is 2. The van der Waals surface area contributed by atoms with Gasteiger partial charge in [0, 0.05) is 4.47 Å². The average molecular weight is 298 g/mol. The topological polar surface area (TPSA) is 74.2 Å². The number of hydrogen-bond donors (Lipinski definition) is 1. The van der Waals surface area contributed by atoms with Gasteiger partial charge in [-0.15, -0.1) is 10.2 Å². The molecule has 0 radical (unpaired) electrons. The molecule has 90 valence electrons. The van der Waals surface area contributed by atoms with E-state index in [1.54, 1.807) is 0 Å². The summed E-state index contributed by atoms with van der Waals surface area (Å²) >= 11 is 3.38. The van der Waals surface area contributed by atoms with Crippen molar-refractivity contribution in [1.29, 1.82) is 0 Å². The maximum absolute atomic E-state index is 5.54. The summed E-state index contributed by atoms with van der Waals surface area (Å²) < 4.78 is 11.8. The number of hydrogen-bond acceptors (Lipinski definition) is 5. The number of rotatable bonds is 5. The van der Waals surface area contributed by atoms with E-state index in [1.165, 1.54) is 0 Å². The van der Waals surface area contributed by atoms with E-state index in [0.717, 1.165) is 10.2 Å². The van der Waals surface area contributed by atoms with Crippen LogP contribution in [0.3, 0.4) is 0 Å². The van der Waals surface area contributed by atoms with Gasteiger partial charge >= 0.3 is 0 Å². The van der Waals surface area contributed by atoms with Crippen LogP contribution in [0.5, 0.6) is 5.75 Å². The summed E-state index contributed by atoms with van der Waals surface area (Å²) in [4.78, 5) is 0. The van der Waals surface area contributed by atoms with Gasteiger partial charge in [0.05, 0.1) is 19.6 Å². The Balaban J connectivity index is 1.83. The Morgan fingerprint density at radius 1 is 1.29 bits per heavy atom. The number of ether oxygens (including phenoxy) is 1. The number of benzene rings is 1. The van der Waals surface area contributed by atoms with Gasteiger partial charge in [-0.05, 0) is 18.2 Å². The third-order valence-electron chi connectivity index (χ3n) is 2.06. The van der Waals surface area contributed by atoms with Gasteiger partial charge in [0.15, 0.2) is 0 Å². The normalized spacial score (nSPS) is 10.5. The Labute approximate surface area is 107 Å². The first-order valence-corrected chi connectivity index (χ1v) is 5.97. The van der Waals surface area contributed by atoms with E-state index in [2.05, 4.69) is 26.1 Å². The lowest BCUT2D eigenvalue weighted by atomic mass is 10.3. The molecule has 2 N–H and O–H groups in total. The molecule has 2 rings (SSSR count). The molecule has 17 heavy (non-hydrogen) atoms. The molecule has 1 heterocycles. The second-order valence-corrected chi connectivity index (χ2v) is 4.27. The summed E-state index contributed by atoms with van der Waals surface area (Å²) in [6.07, 6.45) is 0.569. The second-order valence-electron chi connectivity index (χ2n) is 3.35. The molecule has 0 fully saturated rings. The minimum Gasteiger partial charge on any atom is -0.493 e. The minimum absolute atomic E-state index is 0.263. The van der Waals surface area contributed by atoms with Crippen LogP contribution in [0.15, 0.2) is 33.2 Å². The van der Waals surface area contributed by atoms with E-state index in [1.807, 2.05) is 24.3 Å². The highest BCUT2D eigenvalue weighted by Crippen LogP contribution is 2.17. The zero-order valence-corrected chi connectivity index (χ0v) is 10.7. The van der Waals surface area contributed by atoms with Crippen LogP contribution >= 0.6 is 15.9 Å². The lowest BCUT2D eigenvalue weighted by Gasteiger charge is -2.04. The van der Waals surface area contributed by atoms with Gasteiger partial charge in [-0.3, -0.25) is 0 Å². The van der Waals surface area contributed by atoms with Gasteiger partial charge < -0.3 is 14.9 Å². The fourth-order valence-electron chi connectivity index (χ4n) is 1.28. The molecule has 0 saturated heterocycles. The van der Waals surface area contributed by atoms with Crippen LogP contribution in [-0.2, 0) is 13.0 Å². The van der Waals surface area contributed by atoms with E-state index < -0.39 is 0 Å². The van der Waals surface area contributed by atoms with Gasteiger partial charge in [-0.1, -0.05) is 22.0 Å². The lowest BCUT2D eigenvalue weighted by Crippen LogP contribution is -2.01. The first-order valence-electron chi connectivity index (χ1n) is 5.17. The zero-order valence-electron chi connectivity index (χ0n) is 9.10. The SMILES string of the molecule is NCc1nnc(CCOc2cccc(Br)c2)o1. The standard InChI is InChI=1S/C11H12BrN3O2/c12-8-2-1-3-9(6-8)16-5-4-10-14-15-11(7-13)17-10/h1-3,6H,4-5,7,13H2. The summed E-state index contributed by atoms with van der Waals surface area (Å²) in [5.41, 5.74) is 5.37. The van der Waals surface area contributed by atoms with Crippen molar-refractivity contribution in [3.05, 3.63) is 40.5 Å². The fourth-order valence-corrected chi connectivity index (χ4v) is 1.66. The summed E-state index contributed by atoms with van der Waals surface area (Å²) in [6, 6.07) is 7.65. The molecule has 0 amide bonds. The molecule has 0 spiro atoms. The Kier molecular flexibility index (Phi) is 4.11. The number of nitrogens with zero attached hydrogens (tertiary/aromatic N) is 2. The van der Waals surface area contributed by atoms with Crippen molar-refractivity contribution in [1.82, 2.24) is 10.2 Å². The lowest BCUT2D eigenvalue weighted by molar-refractivity contribution is 0.303. The summed E-state index contributed by atoms with van der Waals surface area (Å²) in [6.45, 7) is 0.752. The van der Waals surface area contributed by atoms with Crippen LogP contribution in [0.25, 0.3) is 0 Å². The predicted molar refractivity (Wildman–Crippen MR) is 65.5 cm³/mol. The third kappa shape index (κ3) is 3.54. The molecular formula is C11H12BrN3O2. The highest BCUT2D eigenvalue weighted by Gasteiger charge is 2.04. The maximum Gasteiger partial charge on any atom is 0.230 e. The second kappa shape index (κ2) is 5.79. The van der Waals surface area contributed by atoms with Crippen LogP contribution in [0, 0.1) is 0 Å². The molecule has 0 aliphatic rings. The zero-order chi connectivity index (χ0) is 12.1. The van der Waals surface area contributed by atoms with Crippen molar-refractivity contribution in [2.45, 2.75) is 13.0 Å². The smallest absolute Gasteiger partial charge is 0.230 e. The minimum atomic E-state index is 0.263. The van der Waals surface area contributed by atoms with Crippen LogP contribution in [-0.4, -0.2) is 16.8 Å². The molecule has 0 saturated carbocycles. The summed E-state index contributed by atoms with van der Waals surface area (Å²) in [7, 11) is 0. The van der Waals surface area contributed by atoms with Crippen molar-refractivity contribution in [2.24, 2.45) is 5.73 Å². The Bertz CT molecular complexity index is 487. The fraction of sp³-hybridized carbons (Fsp3) is 0.273. The highest BCUT2D eigenvalue weighted by atomic mass is 79.9. The predicted octanol–water partition coefficient (Wildman–Crippen LogP) is 1.91. The van der Waals surface area contributed by atoms with Crippen LogP contribution in [0.2, 0.25) is 0 Å². The number of halogens is 1. The van der Waals surface area contributed by atoms with E-state index in [4.69, 9.17) is 14.9 Å². The van der Waals surface area contributed by atoms with Gasteiger partial charge in [-0.25, -0.2) is 0 Å². The van der Waals surface area contributed by atoms with Gasteiger partial charge in [0.25, 0.3) is 0 Å². The van der Waals surface area contributed by atoms with E-state index in [-0.39, 0.29) is 6.54 Å². The first-order chi connectivity index (χ1) is 8.28. The Hall–Kier alpha value is -1.40. The molecule has 5 nitrogen and oxygen atoms in total. The Morgan fingerprint density at radius 3 is 2.82 bits per heavy atom. The van der Waals surface area contributed by atoms with Crippen molar-refractivity contribution in [3.8, 4) is 5.75 Å². The molecule has 0 atom stereocenters. The molecule has 0 aliphatic heterocycles. The van der Waals surface area contributed by atoms with Gasteiger partial charge in [0.2, 0.25) is 11.8 Å². The largest absolute Gasteiger partial charge is 0.493 e. The van der Waals surface area contributed by atoms with Crippen molar-refractivity contribution in [2.75, 3.05) is 6.61 Å². The van der Waals surface area contributed by atoms with Crippen molar-refractivity contribution in [3.63, 3.8) is 0 Å². The average Bonchev–Trinajstić information content (AvgIpc) is 2.77. The van der Waals surface area contributed by atoms with Crippen LogP contribution < -0.4 is 10.5 Å². The molecule has 0 unspecified atom stereocenters. The van der Waals surface area contributed by atoms with E-state index in [0.29, 0.717) is 24.8 Å². The highest BCUT2D eigenvalue weighted by molar-refractivity contribution is 9.10. The van der Waals surface area contributed by atoms with E-state index >= 15 is 0 Å². The van der Waals surface area contributed by atoms with Crippen LogP contribution in [0.1, 0.15) is 11.8 Å². The molecule has 2 aromatic rings.